The van der Waals surface area contributed by atoms with Crippen LogP contribution in [0.3, 0.4) is 0 Å². The number of likely N-dealkylation sites (N-methyl/N-ethyl adjacent to an activating group) is 1. The summed E-state index contributed by atoms with van der Waals surface area (Å²) in [6.45, 7) is 6.29. The Morgan fingerprint density at radius 2 is 1.55 bits per heavy atom. The van der Waals surface area contributed by atoms with Crippen LogP contribution in [0.5, 0.6) is 0 Å². The van der Waals surface area contributed by atoms with Gasteiger partial charge in [0.05, 0.1) is 13.0 Å². The number of esters is 2. The van der Waals surface area contributed by atoms with Crippen molar-refractivity contribution in [3.63, 3.8) is 0 Å². The molecule has 0 spiro atoms. The van der Waals surface area contributed by atoms with Gasteiger partial charge in [-0.2, -0.15) is 26.3 Å². The SMILES string of the molecule is CNCCCCC(=O)N[C@@H](C(=O)N(C)[C@H](C[C@@H](OC(C)=O)c1nc(C(=O)N[C@@H](Cc2ccccc2)C[C@H](C)C(=O)OC)cs1)C(C)C)C(C(F)(F)F)C(F)(F)F. The summed E-state index contributed by atoms with van der Waals surface area (Å²) in [6.07, 6.45) is -12.8. The lowest BCUT2D eigenvalue weighted by atomic mass is 9.92. The van der Waals surface area contributed by atoms with Gasteiger partial charge in [-0.1, -0.05) is 51.1 Å². The van der Waals surface area contributed by atoms with E-state index in [2.05, 4.69) is 15.6 Å². The number of methoxy groups -OCH3 is 1. The second kappa shape index (κ2) is 21.9. The van der Waals surface area contributed by atoms with Crippen LogP contribution in [0.1, 0.15) is 87.0 Å². The third-order valence-electron chi connectivity index (χ3n) is 9.01. The van der Waals surface area contributed by atoms with Crippen LogP contribution in [0.15, 0.2) is 35.7 Å². The Balaban J connectivity index is 2.43. The summed E-state index contributed by atoms with van der Waals surface area (Å²) in [5.74, 6) is -10.2. The molecule has 3 N–H and O–H groups in total. The van der Waals surface area contributed by atoms with Crippen LogP contribution < -0.4 is 16.0 Å². The number of alkyl halides is 6. The minimum absolute atomic E-state index is 0.0641. The van der Waals surface area contributed by atoms with Gasteiger partial charge in [0.2, 0.25) is 11.8 Å². The van der Waals surface area contributed by atoms with Crippen LogP contribution in [-0.4, -0.2) is 97.8 Å². The fraction of sp³-hybridized carbons (Fsp3) is 0.622. The van der Waals surface area contributed by atoms with Crippen LogP contribution >= 0.6 is 11.3 Å². The first kappa shape index (κ1) is 47.9. The van der Waals surface area contributed by atoms with Gasteiger partial charge in [0.25, 0.3) is 5.91 Å². The summed E-state index contributed by atoms with van der Waals surface area (Å²) in [6, 6.07) is 4.44. The van der Waals surface area contributed by atoms with Gasteiger partial charge in [0.15, 0.2) is 12.0 Å². The van der Waals surface area contributed by atoms with Gasteiger partial charge < -0.3 is 30.3 Å². The molecular weight excluding hydrogens is 772 g/mol. The highest BCUT2D eigenvalue weighted by atomic mass is 32.1. The van der Waals surface area contributed by atoms with Crippen molar-refractivity contribution in [2.75, 3.05) is 27.7 Å². The first-order valence-corrected chi connectivity index (χ1v) is 18.9. The molecule has 19 heteroatoms. The number of rotatable bonds is 21. The number of hydrogen-bond donors (Lipinski definition) is 3. The predicted octanol–water partition coefficient (Wildman–Crippen LogP) is 5.78. The molecule has 2 aromatic rings. The number of hydrogen-bond acceptors (Lipinski definition) is 10. The second-order valence-corrected chi connectivity index (χ2v) is 14.7. The average molecular weight is 824 g/mol. The molecule has 0 aliphatic rings. The molecule has 0 aliphatic heterocycles. The maximum absolute atomic E-state index is 14.0. The highest BCUT2D eigenvalue weighted by Gasteiger charge is 2.63. The molecule has 0 unspecified atom stereocenters. The zero-order valence-electron chi connectivity index (χ0n) is 32.4. The Labute approximate surface area is 326 Å². The number of nitrogens with one attached hydrogen (secondary N) is 3. The summed E-state index contributed by atoms with van der Waals surface area (Å²) < 4.78 is 94.5. The van der Waals surface area contributed by atoms with Crippen molar-refractivity contribution in [3.05, 3.63) is 52.0 Å². The maximum Gasteiger partial charge on any atom is 0.403 e. The summed E-state index contributed by atoms with van der Waals surface area (Å²) >= 11 is 0.907. The lowest BCUT2D eigenvalue weighted by Gasteiger charge is -2.38. The van der Waals surface area contributed by atoms with Gasteiger partial charge in [-0.15, -0.1) is 11.3 Å². The van der Waals surface area contributed by atoms with E-state index in [1.54, 1.807) is 33.1 Å². The number of carbonyl (C=O) groups is 5. The van der Waals surface area contributed by atoms with Crippen molar-refractivity contribution in [1.29, 1.82) is 0 Å². The molecule has 1 heterocycles. The van der Waals surface area contributed by atoms with Crippen molar-refractivity contribution in [1.82, 2.24) is 25.8 Å². The number of carbonyl (C=O) groups excluding carboxylic acids is 5. The van der Waals surface area contributed by atoms with E-state index in [9.17, 15) is 50.3 Å². The zero-order valence-corrected chi connectivity index (χ0v) is 33.2. The Morgan fingerprint density at radius 1 is 0.929 bits per heavy atom. The zero-order chi connectivity index (χ0) is 42.4. The highest BCUT2D eigenvalue weighted by Crippen LogP contribution is 2.42. The predicted molar refractivity (Wildman–Crippen MR) is 195 cm³/mol. The molecule has 56 heavy (non-hydrogen) atoms. The smallest absolute Gasteiger partial charge is 0.403 e. The molecule has 0 fully saturated rings. The molecule has 0 bridgehead atoms. The van der Waals surface area contributed by atoms with E-state index in [0.717, 1.165) is 30.9 Å². The summed E-state index contributed by atoms with van der Waals surface area (Å²) in [5, 5.41) is 8.84. The molecule has 2 rings (SSSR count). The fourth-order valence-corrected chi connectivity index (χ4v) is 7.02. The third kappa shape index (κ3) is 15.0. The van der Waals surface area contributed by atoms with Crippen LogP contribution in [0.25, 0.3) is 0 Å². The third-order valence-corrected chi connectivity index (χ3v) is 9.95. The summed E-state index contributed by atoms with van der Waals surface area (Å²) in [4.78, 5) is 69.3. The van der Waals surface area contributed by atoms with E-state index in [-0.39, 0.29) is 30.0 Å². The first-order valence-electron chi connectivity index (χ1n) is 18.0. The lowest BCUT2D eigenvalue weighted by molar-refractivity contribution is -0.290. The van der Waals surface area contributed by atoms with Crippen molar-refractivity contribution in [2.45, 2.75) is 103 Å². The molecule has 12 nitrogen and oxygen atoms in total. The fourth-order valence-electron chi connectivity index (χ4n) is 6.18. The average Bonchev–Trinajstić information content (AvgIpc) is 3.60. The van der Waals surface area contributed by atoms with Crippen LogP contribution in [-0.2, 0) is 35.1 Å². The van der Waals surface area contributed by atoms with Gasteiger partial charge in [-0.05, 0) is 50.8 Å². The van der Waals surface area contributed by atoms with Crippen molar-refractivity contribution in [3.8, 4) is 0 Å². The van der Waals surface area contributed by atoms with E-state index in [0.29, 0.717) is 24.3 Å². The van der Waals surface area contributed by atoms with Gasteiger partial charge in [0, 0.05) is 44.3 Å². The Bertz CT molecular complexity index is 1580. The number of amides is 3. The lowest BCUT2D eigenvalue weighted by Crippen LogP contribution is -2.60. The largest absolute Gasteiger partial charge is 0.469 e. The van der Waals surface area contributed by atoms with Crippen molar-refractivity contribution < 1.29 is 59.8 Å². The monoisotopic (exact) mass is 823 g/mol. The summed E-state index contributed by atoms with van der Waals surface area (Å²) in [7, 11) is 3.89. The Hall–Kier alpha value is -4.26. The molecule has 0 aliphatic carbocycles. The van der Waals surface area contributed by atoms with Crippen LogP contribution in [0.2, 0.25) is 0 Å². The molecule has 0 saturated heterocycles. The number of benzene rings is 1. The van der Waals surface area contributed by atoms with Crippen molar-refractivity contribution >= 4 is 41.0 Å². The first-order chi connectivity index (χ1) is 26.1. The minimum Gasteiger partial charge on any atom is -0.469 e. The van der Waals surface area contributed by atoms with Gasteiger partial charge in [-0.3, -0.25) is 24.0 Å². The molecule has 0 radical (unpaired) electrons. The van der Waals surface area contributed by atoms with E-state index < -0.39 is 90.4 Å². The van der Waals surface area contributed by atoms with E-state index in [1.807, 2.05) is 30.3 Å². The Kier molecular flexibility index (Phi) is 18.7. The number of ether oxygens (including phenoxy) is 2. The standard InChI is InChI=1S/C37H51F6N5O7S/c1-21(2)27(48(6)34(52)30(31(36(38,39)40)37(41,42)43)47-29(50)15-11-12-16-44-5)19-28(55-23(4)49)33-46-26(20-56-33)32(51)45-25(17-22(3)35(53)54-7)18-24-13-9-8-10-14-24/h8-10,13-14,20-22,25,27-28,30-31,44H,11-12,15-19H2,1-7H3,(H,45,51)(H,47,50)/t22-,25+,27+,28+,30+/m0/s1. The Morgan fingerprint density at radius 3 is 2.09 bits per heavy atom. The van der Waals surface area contributed by atoms with E-state index >= 15 is 0 Å². The van der Waals surface area contributed by atoms with Gasteiger partial charge in [-0.25, -0.2) is 4.98 Å². The highest BCUT2D eigenvalue weighted by molar-refractivity contribution is 7.09. The minimum atomic E-state index is -5.96. The maximum atomic E-state index is 14.0. The normalized spacial score (nSPS) is 14.7. The molecule has 1 aromatic carbocycles. The number of aromatic nitrogens is 1. The van der Waals surface area contributed by atoms with Gasteiger partial charge in [0.1, 0.15) is 16.7 Å². The molecule has 3 amide bonds. The summed E-state index contributed by atoms with van der Waals surface area (Å²) in [5.41, 5.74) is 0.789. The quantitative estimate of drug-likeness (QED) is 0.0808. The number of halogens is 6. The number of unbranched alkanes of at least 4 members (excludes halogenated alkanes) is 1. The number of nitrogens with zero attached hydrogens (tertiary/aromatic N) is 2. The van der Waals surface area contributed by atoms with Gasteiger partial charge >= 0.3 is 24.3 Å². The molecule has 0 saturated carbocycles. The molecule has 5 atom stereocenters. The van der Waals surface area contributed by atoms with E-state index in [1.165, 1.54) is 12.5 Å². The van der Waals surface area contributed by atoms with Crippen LogP contribution in [0.4, 0.5) is 26.3 Å². The molecule has 314 valence electrons. The number of thiazole rings is 1. The van der Waals surface area contributed by atoms with E-state index in [4.69, 9.17) is 9.47 Å². The molecular formula is C37H51F6N5O7S. The van der Waals surface area contributed by atoms with Crippen LogP contribution in [0, 0.1) is 17.8 Å². The topological polar surface area (TPSA) is 156 Å². The second-order valence-electron chi connectivity index (χ2n) is 13.9. The molecule has 1 aromatic heterocycles. The van der Waals surface area contributed by atoms with Crippen molar-refractivity contribution in [2.24, 2.45) is 17.8 Å².